The zero-order valence-corrected chi connectivity index (χ0v) is 21.6. The number of hydrogen-bond acceptors (Lipinski definition) is 4. The van der Waals surface area contributed by atoms with Crippen molar-refractivity contribution in [1.29, 1.82) is 0 Å². The highest BCUT2D eigenvalue weighted by atomic mass is 127. The molecule has 2 aromatic carbocycles. The Bertz CT molecular complexity index is 1010. The summed E-state index contributed by atoms with van der Waals surface area (Å²) in [4.78, 5) is 4.74. The van der Waals surface area contributed by atoms with E-state index in [2.05, 4.69) is 39.9 Å². The van der Waals surface area contributed by atoms with Gasteiger partial charge in [-0.3, -0.25) is 4.99 Å². The van der Waals surface area contributed by atoms with Crippen LogP contribution in [-0.2, 0) is 19.4 Å². The molecule has 7 nitrogen and oxygen atoms in total. The Kier molecular flexibility index (Phi) is 11.1. The number of halogens is 2. The quantitative estimate of drug-likeness (QED) is 0.219. The highest BCUT2D eigenvalue weighted by Gasteiger charge is 2.12. The lowest BCUT2D eigenvalue weighted by molar-refractivity contribution is 0.386. The van der Waals surface area contributed by atoms with Gasteiger partial charge in [0.1, 0.15) is 12.2 Å². The van der Waals surface area contributed by atoms with Crippen molar-refractivity contribution in [1.82, 2.24) is 25.4 Å². The third kappa shape index (κ3) is 7.99. The second-order valence-corrected chi connectivity index (χ2v) is 7.45. The molecule has 1 unspecified atom stereocenters. The summed E-state index contributed by atoms with van der Waals surface area (Å²) < 4.78 is 21.2. The maximum Gasteiger partial charge on any atom is 0.191 e. The van der Waals surface area contributed by atoms with Gasteiger partial charge in [-0.15, -0.1) is 34.2 Å². The lowest BCUT2D eigenvalue weighted by atomic mass is 10.1. The number of aromatic nitrogens is 3. The minimum absolute atomic E-state index is 0. The number of nitrogens with one attached hydrogen (secondary N) is 2. The first-order valence-electron chi connectivity index (χ1n) is 10.9. The smallest absolute Gasteiger partial charge is 0.191 e. The number of aryl methyl sites for hydroxylation is 1. The largest absolute Gasteiger partial charge is 0.494 e. The van der Waals surface area contributed by atoms with E-state index in [0.717, 1.165) is 30.8 Å². The Hall–Kier alpha value is -2.69. The van der Waals surface area contributed by atoms with Gasteiger partial charge < -0.3 is 19.9 Å². The molecule has 3 aromatic rings. The average molecular weight is 566 g/mol. The van der Waals surface area contributed by atoms with E-state index in [4.69, 9.17) is 9.73 Å². The molecule has 0 saturated heterocycles. The van der Waals surface area contributed by atoms with Crippen molar-refractivity contribution >= 4 is 29.9 Å². The molecule has 0 aliphatic carbocycles. The fourth-order valence-electron chi connectivity index (χ4n) is 3.37. The third-order valence-electron chi connectivity index (χ3n) is 5.20. The van der Waals surface area contributed by atoms with Crippen LogP contribution in [0.3, 0.4) is 0 Å². The van der Waals surface area contributed by atoms with Gasteiger partial charge in [-0.05, 0) is 36.6 Å². The van der Waals surface area contributed by atoms with Crippen LogP contribution in [0, 0.1) is 5.82 Å². The van der Waals surface area contributed by atoms with Gasteiger partial charge in [0.15, 0.2) is 17.5 Å². The van der Waals surface area contributed by atoms with Gasteiger partial charge in [0.05, 0.1) is 13.2 Å². The molecule has 1 atom stereocenters. The molecule has 0 saturated carbocycles. The second-order valence-electron chi connectivity index (χ2n) is 7.45. The van der Waals surface area contributed by atoms with Gasteiger partial charge in [-0.25, -0.2) is 4.39 Å². The minimum Gasteiger partial charge on any atom is -0.494 e. The average Bonchev–Trinajstić information content (AvgIpc) is 3.27. The molecule has 0 radical (unpaired) electrons. The molecule has 9 heteroatoms. The second kappa shape index (κ2) is 13.8. The Labute approximate surface area is 211 Å². The number of guanidine groups is 1. The first-order valence-corrected chi connectivity index (χ1v) is 10.9. The number of ether oxygens (including phenoxy) is 1. The Morgan fingerprint density at radius 3 is 2.70 bits per heavy atom. The fraction of sp³-hybridized carbons (Fsp3) is 0.375. The number of nitrogens with zero attached hydrogens (tertiary/aromatic N) is 4. The molecule has 0 aliphatic heterocycles. The molecule has 2 N–H and O–H groups in total. The standard InChI is InChI=1S/C24H31FN6O.HI/c1-4-23-30-28-17-31(23)15-14-27-24(26-13-12-19-8-6-5-7-9-19)29-18(2)20-10-11-22(32-3)21(25)16-20;/h5-11,16-18H,4,12-15H2,1-3H3,(H2,26,27,29);1H. The van der Waals surface area contributed by atoms with E-state index in [1.54, 1.807) is 12.4 Å². The Balaban J connectivity index is 0.00000385. The van der Waals surface area contributed by atoms with E-state index >= 15 is 0 Å². The lowest BCUT2D eigenvalue weighted by Crippen LogP contribution is -2.40. The molecule has 0 aliphatic rings. The van der Waals surface area contributed by atoms with E-state index in [1.807, 2.05) is 35.8 Å². The summed E-state index contributed by atoms with van der Waals surface area (Å²) >= 11 is 0. The number of rotatable bonds is 10. The Morgan fingerprint density at radius 1 is 1.21 bits per heavy atom. The number of aliphatic imine (C=N–C) groups is 1. The molecular formula is C24H32FIN6O. The molecule has 0 fully saturated rings. The van der Waals surface area contributed by atoms with Crippen molar-refractivity contribution in [2.75, 3.05) is 20.2 Å². The summed E-state index contributed by atoms with van der Waals surface area (Å²) in [6.07, 6.45) is 3.41. The molecule has 0 spiro atoms. The zero-order valence-electron chi connectivity index (χ0n) is 19.3. The summed E-state index contributed by atoms with van der Waals surface area (Å²) in [5.41, 5.74) is 2.05. The van der Waals surface area contributed by atoms with E-state index in [-0.39, 0.29) is 41.6 Å². The van der Waals surface area contributed by atoms with Crippen LogP contribution in [-0.4, -0.2) is 40.9 Å². The molecule has 33 heavy (non-hydrogen) atoms. The number of hydrogen-bond donors (Lipinski definition) is 2. The number of benzene rings is 2. The van der Waals surface area contributed by atoms with Crippen LogP contribution in [0.2, 0.25) is 0 Å². The summed E-state index contributed by atoms with van der Waals surface area (Å²) in [5, 5.41) is 14.9. The third-order valence-corrected chi connectivity index (χ3v) is 5.20. The summed E-state index contributed by atoms with van der Waals surface area (Å²) in [6.45, 7) is 6.05. The topological polar surface area (TPSA) is 76.4 Å². The lowest BCUT2D eigenvalue weighted by Gasteiger charge is -2.19. The highest BCUT2D eigenvalue weighted by molar-refractivity contribution is 14.0. The predicted octanol–water partition coefficient (Wildman–Crippen LogP) is 4.15. The van der Waals surface area contributed by atoms with Crippen molar-refractivity contribution in [2.45, 2.75) is 39.3 Å². The van der Waals surface area contributed by atoms with Gasteiger partial charge in [0.2, 0.25) is 0 Å². The van der Waals surface area contributed by atoms with Gasteiger partial charge in [0.25, 0.3) is 0 Å². The monoisotopic (exact) mass is 566 g/mol. The summed E-state index contributed by atoms with van der Waals surface area (Å²) in [5.74, 6) is 1.48. The summed E-state index contributed by atoms with van der Waals surface area (Å²) in [7, 11) is 1.46. The van der Waals surface area contributed by atoms with Crippen molar-refractivity contribution in [2.24, 2.45) is 4.99 Å². The van der Waals surface area contributed by atoms with Crippen LogP contribution in [0.25, 0.3) is 0 Å². The highest BCUT2D eigenvalue weighted by Crippen LogP contribution is 2.21. The fourth-order valence-corrected chi connectivity index (χ4v) is 3.37. The van der Waals surface area contributed by atoms with Crippen LogP contribution in [0.4, 0.5) is 4.39 Å². The van der Waals surface area contributed by atoms with Crippen LogP contribution in [0.5, 0.6) is 5.75 Å². The summed E-state index contributed by atoms with van der Waals surface area (Å²) in [6, 6.07) is 15.1. The van der Waals surface area contributed by atoms with Gasteiger partial charge in [0, 0.05) is 26.1 Å². The van der Waals surface area contributed by atoms with Crippen molar-refractivity contribution in [3.8, 4) is 5.75 Å². The van der Waals surface area contributed by atoms with E-state index in [9.17, 15) is 4.39 Å². The van der Waals surface area contributed by atoms with Gasteiger partial charge >= 0.3 is 0 Å². The molecule has 1 heterocycles. The maximum atomic E-state index is 14.2. The minimum atomic E-state index is -0.381. The predicted molar refractivity (Wildman–Crippen MR) is 140 cm³/mol. The van der Waals surface area contributed by atoms with Gasteiger partial charge in [-0.2, -0.15) is 0 Å². The Morgan fingerprint density at radius 2 is 2.00 bits per heavy atom. The van der Waals surface area contributed by atoms with Crippen molar-refractivity contribution in [3.05, 3.63) is 77.6 Å². The van der Waals surface area contributed by atoms with Gasteiger partial charge in [-0.1, -0.05) is 43.3 Å². The first kappa shape index (κ1) is 26.6. The molecular weight excluding hydrogens is 534 g/mol. The van der Waals surface area contributed by atoms with Crippen LogP contribution in [0.15, 0.2) is 59.9 Å². The molecule has 178 valence electrons. The SMILES string of the molecule is CCc1nncn1CCNC(=NCCc1ccccc1)NC(C)c1ccc(OC)c(F)c1.I. The molecule has 1 aromatic heterocycles. The van der Waals surface area contributed by atoms with Crippen LogP contribution < -0.4 is 15.4 Å². The molecule has 3 rings (SSSR count). The van der Waals surface area contributed by atoms with E-state index in [1.165, 1.54) is 18.7 Å². The van der Waals surface area contributed by atoms with E-state index < -0.39 is 0 Å². The van der Waals surface area contributed by atoms with Crippen molar-refractivity contribution < 1.29 is 9.13 Å². The maximum absolute atomic E-state index is 14.2. The first-order chi connectivity index (χ1) is 15.6. The zero-order chi connectivity index (χ0) is 22.8. The normalized spacial score (nSPS) is 12.1. The van der Waals surface area contributed by atoms with Crippen LogP contribution in [0.1, 0.15) is 36.8 Å². The van der Waals surface area contributed by atoms with Crippen molar-refractivity contribution in [3.63, 3.8) is 0 Å². The van der Waals surface area contributed by atoms with Crippen LogP contribution >= 0.6 is 24.0 Å². The number of methoxy groups -OCH3 is 1. The molecule has 0 amide bonds. The molecule has 0 bridgehead atoms. The van der Waals surface area contributed by atoms with E-state index in [0.29, 0.717) is 19.0 Å².